The Hall–Kier alpha value is -1.93. The minimum atomic E-state index is -0.462. The fourth-order valence-corrected chi connectivity index (χ4v) is 3.64. The molecule has 0 bridgehead atoms. The summed E-state index contributed by atoms with van der Waals surface area (Å²) in [7, 11) is 2.11. The molecule has 27 heavy (non-hydrogen) atoms. The van der Waals surface area contributed by atoms with Crippen LogP contribution in [-0.4, -0.2) is 68.9 Å². The molecule has 1 saturated heterocycles. The Morgan fingerprint density at radius 2 is 1.93 bits per heavy atom. The molecule has 1 atom stereocenters. The van der Waals surface area contributed by atoms with Gasteiger partial charge in [0, 0.05) is 26.2 Å². The molecule has 3 rings (SSSR count). The number of fused-ring (bicyclic) bond motifs is 1. The number of aliphatic hydroxyl groups excluding tert-OH is 1. The molecule has 2 N–H and O–H groups in total. The number of imidazole rings is 1. The Labute approximate surface area is 160 Å². The molecule has 1 fully saturated rings. The van der Waals surface area contributed by atoms with Gasteiger partial charge in [-0.3, -0.25) is 9.36 Å². The van der Waals surface area contributed by atoms with Gasteiger partial charge in [-0.2, -0.15) is 0 Å². The van der Waals surface area contributed by atoms with Crippen LogP contribution in [0.5, 0.6) is 0 Å². The van der Waals surface area contributed by atoms with Gasteiger partial charge in [-0.05, 0) is 13.5 Å². The van der Waals surface area contributed by atoms with E-state index in [1.807, 2.05) is 4.57 Å². The lowest BCUT2D eigenvalue weighted by Gasteiger charge is -2.33. The van der Waals surface area contributed by atoms with Crippen LogP contribution in [-0.2, 0) is 6.54 Å². The lowest BCUT2D eigenvalue weighted by atomic mass is 10.1. The van der Waals surface area contributed by atoms with E-state index in [0.717, 1.165) is 51.4 Å². The van der Waals surface area contributed by atoms with Crippen LogP contribution in [0, 0.1) is 0 Å². The van der Waals surface area contributed by atoms with Gasteiger partial charge in [0.15, 0.2) is 11.2 Å². The Kier molecular flexibility index (Phi) is 6.84. The summed E-state index contributed by atoms with van der Waals surface area (Å²) in [5, 5.41) is 10.6. The number of aliphatic hydroxyl groups is 1. The quantitative estimate of drug-likeness (QED) is 0.646. The van der Waals surface area contributed by atoms with Gasteiger partial charge in [0.25, 0.3) is 5.56 Å². The van der Waals surface area contributed by atoms with Crippen LogP contribution in [0.25, 0.3) is 11.2 Å². The van der Waals surface area contributed by atoms with Gasteiger partial charge < -0.3 is 19.9 Å². The average Bonchev–Trinajstić information content (AvgIpc) is 3.02. The maximum absolute atomic E-state index is 12.2. The van der Waals surface area contributed by atoms with Crippen LogP contribution in [0.3, 0.4) is 0 Å². The number of nitrogens with zero attached hydrogens (tertiary/aromatic N) is 5. The number of H-pyrrole nitrogens is 1. The van der Waals surface area contributed by atoms with Crippen molar-refractivity contribution in [1.82, 2.24) is 24.4 Å². The van der Waals surface area contributed by atoms with E-state index in [-0.39, 0.29) is 5.56 Å². The van der Waals surface area contributed by atoms with Gasteiger partial charge in [0.1, 0.15) is 0 Å². The molecule has 150 valence electrons. The topological polar surface area (TPSA) is 90.3 Å². The average molecular weight is 377 g/mol. The first-order valence-corrected chi connectivity index (χ1v) is 10.2. The first-order chi connectivity index (χ1) is 13.1. The summed E-state index contributed by atoms with van der Waals surface area (Å²) in [5.74, 6) is 0.743. The first kappa shape index (κ1) is 19.8. The molecule has 8 nitrogen and oxygen atoms in total. The van der Waals surface area contributed by atoms with Gasteiger partial charge in [0.2, 0.25) is 5.95 Å². The fourth-order valence-electron chi connectivity index (χ4n) is 3.64. The van der Waals surface area contributed by atoms with E-state index in [1.54, 1.807) is 0 Å². The third-order valence-electron chi connectivity index (χ3n) is 5.34. The van der Waals surface area contributed by atoms with E-state index in [4.69, 9.17) is 0 Å². The minimum Gasteiger partial charge on any atom is -0.391 e. The number of rotatable bonds is 9. The molecular weight excluding hydrogens is 344 g/mol. The van der Waals surface area contributed by atoms with Crippen LogP contribution in [0.15, 0.2) is 11.1 Å². The highest BCUT2D eigenvalue weighted by Gasteiger charge is 2.23. The molecule has 3 heterocycles. The molecule has 0 saturated carbocycles. The largest absolute Gasteiger partial charge is 0.391 e. The Balaban J connectivity index is 1.77. The summed E-state index contributed by atoms with van der Waals surface area (Å²) in [6, 6.07) is 0. The Bertz CT molecular complexity index is 778. The van der Waals surface area contributed by atoms with Gasteiger partial charge >= 0.3 is 0 Å². The second-order valence-electron chi connectivity index (χ2n) is 7.57. The Morgan fingerprint density at radius 1 is 1.19 bits per heavy atom. The SMILES string of the molecule is CCCCCCC[C@H](O)Cn1c(N2CCN(C)CC2)nc2c(=O)[nH]cnc21. The third-order valence-corrected chi connectivity index (χ3v) is 5.34. The summed E-state index contributed by atoms with van der Waals surface area (Å²) in [6.45, 7) is 6.23. The highest BCUT2D eigenvalue weighted by Crippen LogP contribution is 2.21. The van der Waals surface area contributed by atoms with Crippen molar-refractivity contribution in [3.8, 4) is 0 Å². The van der Waals surface area contributed by atoms with E-state index in [0.29, 0.717) is 17.7 Å². The lowest BCUT2D eigenvalue weighted by Crippen LogP contribution is -2.45. The molecule has 0 radical (unpaired) electrons. The normalized spacial score (nSPS) is 16.9. The zero-order valence-electron chi connectivity index (χ0n) is 16.5. The van der Waals surface area contributed by atoms with Crippen molar-refractivity contribution in [2.75, 3.05) is 38.1 Å². The van der Waals surface area contributed by atoms with Crippen molar-refractivity contribution in [2.45, 2.75) is 58.1 Å². The molecule has 0 spiro atoms. The van der Waals surface area contributed by atoms with Crippen LogP contribution in [0.2, 0.25) is 0 Å². The van der Waals surface area contributed by atoms with Crippen molar-refractivity contribution in [3.05, 3.63) is 16.7 Å². The summed E-state index contributed by atoms with van der Waals surface area (Å²) < 4.78 is 1.92. The molecule has 1 aliphatic rings. The molecule has 8 heteroatoms. The number of unbranched alkanes of at least 4 members (excludes halogenated alkanes) is 4. The Morgan fingerprint density at radius 3 is 2.67 bits per heavy atom. The molecule has 0 unspecified atom stereocenters. The number of hydrogen-bond donors (Lipinski definition) is 2. The summed E-state index contributed by atoms with van der Waals surface area (Å²) in [4.78, 5) is 28.2. The van der Waals surface area contributed by atoms with Crippen molar-refractivity contribution in [1.29, 1.82) is 0 Å². The number of anilines is 1. The molecule has 0 aliphatic carbocycles. The highest BCUT2D eigenvalue weighted by molar-refractivity contribution is 5.73. The standard InChI is InChI=1S/C19H32N6O2/c1-3-4-5-6-7-8-15(26)13-25-17-16(18(27)21-14-20-17)22-19(25)24-11-9-23(2)10-12-24/h14-15,26H,3-13H2,1-2H3,(H,20,21,27)/t15-/m0/s1. The molecule has 2 aromatic heterocycles. The molecule has 2 aromatic rings. The number of piperazine rings is 1. The third kappa shape index (κ3) is 4.87. The molecule has 0 aromatic carbocycles. The van der Waals surface area contributed by atoms with Crippen LogP contribution >= 0.6 is 0 Å². The van der Waals surface area contributed by atoms with Crippen LogP contribution in [0.1, 0.15) is 45.4 Å². The number of hydrogen-bond acceptors (Lipinski definition) is 6. The monoisotopic (exact) mass is 376 g/mol. The van der Waals surface area contributed by atoms with E-state index < -0.39 is 6.10 Å². The van der Waals surface area contributed by atoms with Crippen molar-refractivity contribution < 1.29 is 5.11 Å². The van der Waals surface area contributed by atoms with Gasteiger partial charge in [-0.25, -0.2) is 9.97 Å². The number of aromatic nitrogens is 4. The van der Waals surface area contributed by atoms with Crippen molar-refractivity contribution in [3.63, 3.8) is 0 Å². The van der Waals surface area contributed by atoms with Gasteiger partial charge in [-0.1, -0.05) is 39.0 Å². The van der Waals surface area contributed by atoms with Crippen molar-refractivity contribution in [2.24, 2.45) is 0 Å². The van der Waals surface area contributed by atoms with Gasteiger partial charge in [-0.15, -0.1) is 0 Å². The minimum absolute atomic E-state index is 0.233. The second kappa shape index (κ2) is 9.32. The summed E-state index contributed by atoms with van der Waals surface area (Å²) in [5.41, 5.74) is 0.669. The first-order valence-electron chi connectivity index (χ1n) is 10.2. The second-order valence-corrected chi connectivity index (χ2v) is 7.57. The van der Waals surface area contributed by atoms with Crippen LogP contribution < -0.4 is 10.5 Å². The van der Waals surface area contributed by atoms with E-state index in [1.165, 1.54) is 25.6 Å². The highest BCUT2D eigenvalue weighted by atomic mass is 16.3. The zero-order valence-corrected chi connectivity index (χ0v) is 16.5. The van der Waals surface area contributed by atoms with E-state index in [2.05, 4.69) is 38.7 Å². The fraction of sp³-hybridized carbons (Fsp3) is 0.737. The summed E-state index contributed by atoms with van der Waals surface area (Å²) in [6.07, 6.45) is 7.57. The number of likely N-dealkylation sites (N-methyl/N-ethyl adjacent to an activating group) is 1. The van der Waals surface area contributed by atoms with E-state index >= 15 is 0 Å². The molecule has 1 aliphatic heterocycles. The smallest absolute Gasteiger partial charge is 0.278 e. The van der Waals surface area contributed by atoms with Gasteiger partial charge in [0.05, 0.1) is 19.0 Å². The van der Waals surface area contributed by atoms with E-state index in [9.17, 15) is 9.90 Å². The van der Waals surface area contributed by atoms with Crippen molar-refractivity contribution >= 4 is 17.1 Å². The zero-order chi connectivity index (χ0) is 19.2. The number of nitrogens with one attached hydrogen (secondary N) is 1. The maximum Gasteiger partial charge on any atom is 0.278 e. The lowest BCUT2D eigenvalue weighted by molar-refractivity contribution is 0.142. The number of aromatic amines is 1. The predicted octanol–water partition coefficient (Wildman–Crippen LogP) is 1.59. The summed E-state index contributed by atoms with van der Waals surface area (Å²) >= 11 is 0. The maximum atomic E-state index is 12.2. The predicted molar refractivity (Wildman–Crippen MR) is 107 cm³/mol. The molecule has 0 amide bonds. The van der Waals surface area contributed by atoms with Crippen LogP contribution in [0.4, 0.5) is 5.95 Å². The molecular formula is C19H32N6O2.